The first kappa shape index (κ1) is 16.5. The van der Waals surface area contributed by atoms with Crippen LogP contribution in [0.25, 0.3) is 0 Å². The van der Waals surface area contributed by atoms with Gasteiger partial charge in [-0.15, -0.1) is 0 Å². The second kappa shape index (κ2) is 6.06. The van der Waals surface area contributed by atoms with Crippen molar-refractivity contribution in [2.75, 3.05) is 25.9 Å². The van der Waals surface area contributed by atoms with E-state index in [1.54, 1.807) is 0 Å². The molecule has 120 valence electrons. The van der Waals surface area contributed by atoms with Gasteiger partial charge in [0.25, 0.3) is 0 Å². The Hall–Kier alpha value is -0.920. The standard InChI is InChI=1S/C14H26N4O2S/c1-14(2,3)13-7-12(16-17-13)10-18-6-5-11(9-18)8-15-21(4,19)20/h7,11,15H,5-6,8-10H2,1-4H3,(H,16,17)/t11-/m1/s1. The summed E-state index contributed by atoms with van der Waals surface area (Å²) in [5.41, 5.74) is 2.26. The lowest BCUT2D eigenvalue weighted by molar-refractivity contribution is 0.312. The van der Waals surface area contributed by atoms with Crippen LogP contribution >= 0.6 is 0 Å². The van der Waals surface area contributed by atoms with Crippen LogP contribution in [-0.2, 0) is 22.0 Å². The van der Waals surface area contributed by atoms with Gasteiger partial charge in [-0.05, 0) is 24.9 Å². The summed E-state index contributed by atoms with van der Waals surface area (Å²) in [6, 6.07) is 2.13. The van der Waals surface area contributed by atoms with Crippen molar-refractivity contribution in [3.05, 3.63) is 17.5 Å². The summed E-state index contributed by atoms with van der Waals surface area (Å²) in [5.74, 6) is 0.393. The Morgan fingerprint density at radius 3 is 2.76 bits per heavy atom. The van der Waals surface area contributed by atoms with E-state index < -0.39 is 10.0 Å². The number of sulfonamides is 1. The highest BCUT2D eigenvalue weighted by atomic mass is 32.2. The maximum atomic E-state index is 11.1. The normalized spacial score (nSPS) is 21.0. The third-order valence-electron chi connectivity index (χ3n) is 3.80. The van der Waals surface area contributed by atoms with Gasteiger partial charge in [0.1, 0.15) is 0 Å². The summed E-state index contributed by atoms with van der Waals surface area (Å²) in [6.07, 6.45) is 2.24. The maximum Gasteiger partial charge on any atom is 0.208 e. The van der Waals surface area contributed by atoms with E-state index in [0.29, 0.717) is 12.5 Å². The van der Waals surface area contributed by atoms with Crippen molar-refractivity contribution in [1.82, 2.24) is 19.8 Å². The Morgan fingerprint density at radius 2 is 2.19 bits per heavy atom. The van der Waals surface area contributed by atoms with Gasteiger partial charge in [0, 0.05) is 30.7 Å². The van der Waals surface area contributed by atoms with Crippen LogP contribution in [0.4, 0.5) is 0 Å². The lowest BCUT2D eigenvalue weighted by Crippen LogP contribution is -2.30. The average molecular weight is 314 g/mol. The van der Waals surface area contributed by atoms with E-state index in [2.05, 4.69) is 46.7 Å². The number of hydrogen-bond donors (Lipinski definition) is 2. The van der Waals surface area contributed by atoms with Crippen molar-refractivity contribution in [2.24, 2.45) is 5.92 Å². The minimum atomic E-state index is -3.09. The first-order valence-corrected chi connectivity index (χ1v) is 9.24. The number of nitrogens with zero attached hydrogens (tertiary/aromatic N) is 2. The number of likely N-dealkylation sites (tertiary alicyclic amines) is 1. The Balaban J connectivity index is 1.84. The predicted molar refractivity (Wildman–Crippen MR) is 83.5 cm³/mol. The van der Waals surface area contributed by atoms with Crippen LogP contribution in [0, 0.1) is 5.92 Å². The Morgan fingerprint density at radius 1 is 1.48 bits per heavy atom. The highest BCUT2D eigenvalue weighted by Gasteiger charge is 2.24. The van der Waals surface area contributed by atoms with Gasteiger partial charge in [0.05, 0.1) is 11.9 Å². The molecule has 6 nitrogen and oxygen atoms in total. The van der Waals surface area contributed by atoms with Crippen molar-refractivity contribution >= 4 is 10.0 Å². The molecule has 1 atom stereocenters. The summed E-state index contributed by atoms with van der Waals surface area (Å²) in [7, 11) is -3.09. The highest BCUT2D eigenvalue weighted by molar-refractivity contribution is 7.88. The third kappa shape index (κ3) is 5.09. The van der Waals surface area contributed by atoms with Gasteiger partial charge in [-0.25, -0.2) is 13.1 Å². The number of aromatic nitrogens is 2. The summed E-state index contributed by atoms with van der Waals surface area (Å²) >= 11 is 0. The zero-order valence-corrected chi connectivity index (χ0v) is 14.1. The van der Waals surface area contributed by atoms with Crippen LogP contribution in [0.5, 0.6) is 0 Å². The lowest BCUT2D eigenvalue weighted by Gasteiger charge is -2.15. The fourth-order valence-corrected chi connectivity index (χ4v) is 3.10. The fraction of sp³-hybridized carbons (Fsp3) is 0.786. The van der Waals surface area contributed by atoms with Crippen LogP contribution in [0.3, 0.4) is 0 Å². The van der Waals surface area contributed by atoms with Crippen molar-refractivity contribution in [3.8, 4) is 0 Å². The van der Waals surface area contributed by atoms with E-state index in [9.17, 15) is 8.42 Å². The molecule has 0 amide bonds. The molecule has 1 saturated heterocycles. The summed E-state index contributed by atoms with van der Waals surface area (Å²) < 4.78 is 24.8. The van der Waals surface area contributed by atoms with E-state index in [1.165, 1.54) is 6.26 Å². The molecule has 0 spiro atoms. The summed E-state index contributed by atoms with van der Waals surface area (Å²) in [6.45, 7) is 9.75. The molecule has 0 aliphatic carbocycles. The second-order valence-electron chi connectivity index (χ2n) is 7.04. The molecule has 1 fully saturated rings. The first-order valence-electron chi connectivity index (χ1n) is 7.35. The van der Waals surface area contributed by atoms with E-state index in [-0.39, 0.29) is 5.41 Å². The molecule has 2 heterocycles. The molecule has 0 radical (unpaired) electrons. The SMILES string of the molecule is CC(C)(C)c1cc(CN2CC[C@H](CNS(C)(=O)=O)C2)[nH]n1. The Bertz CT molecular complexity index is 574. The van der Waals surface area contributed by atoms with E-state index in [0.717, 1.165) is 37.4 Å². The molecule has 21 heavy (non-hydrogen) atoms. The number of nitrogens with one attached hydrogen (secondary N) is 2. The lowest BCUT2D eigenvalue weighted by atomic mass is 9.92. The van der Waals surface area contributed by atoms with E-state index in [1.807, 2.05) is 0 Å². The molecule has 1 aliphatic rings. The number of rotatable bonds is 5. The largest absolute Gasteiger partial charge is 0.297 e. The van der Waals surface area contributed by atoms with Gasteiger partial charge in [-0.2, -0.15) is 5.10 Å². The summed E-state index contributed by atoms with van der Waals surface area (Å²) in [4.78, 5) is 2.34. The topological polar surface area (TPSA) is 78.1 Å². The second-order valence-corrected chi connectivity index (χ2v) is 8.87. The van der Waals surface area contributed by atoms with Crippen molar-refractivity contribution in [3.63, 3.8) is 0 Å². The van der Waals surface area contributed by atoms with E-state index >= 15 is 0 Å². The zero-order valence-electron chi connectivity index (χ0n) is 13.3. The van der Waals surface area contributed by atoms with Crippen LogP contribution in [0.2, 0.25) is 0 Å². The molecule has 2 rings (SSSR count). The molecule has 2 N–H and O–H groups in total. The molecule has 0 bridgehead atoms. The van der Waals surface area contributed by atoms with Gasteiger partial charge in [-0.1, -0.05) is 20.8 Å². The molecule has 0 aromatic carbocycles. The van der Waals surface area contributed by atoms with Crippen molar-refractivity contribution in [2.45, 2.75) is 39.2 Å². The van der Waals surface area contributed by atoms with Crippen molar-refractivity contribution in [1.29, 1.82) is 0 Å². The molecular formula is C14H26N4O2S. The van der Waals surface area contributed by atoms with Gasteiger partial charge >= 0.3 is 0 Å². The molecule has 0 unspecified atom stereocenters. The highest BCUT2D eigenvalue weighted by Crippen LogP contribution is 2.22. The molecular weight excluding hydrogens is 288 g/mol. The van der Waals surface area contributed by atoms with Crippen LogP contribution in [0.1, 0.15) is 38.6 Å². The maximum absolute atomic E-state index is 11.1. The van der Waals surface area contributed by atoms with Crippen LogP contribution < -0.4 is 4.72 Å². The minimum Gasteiger partial charge on any atom is -0.297 e. The Kier molecular flexibility index (Phi) is 4.75. The molecule has 1 aliphatic heterocycles. The van der Waals surface area contributed by atoms with Crippen LogP contribution in [0.15, 0.2) is 6.07 Å². The van der Waals surface area contributed by atoms with Crippen molar-refractivity contribution < 1.29 is 8.42 Å². The van der Waals surface area contributed by atoms with Gasteiger partial charge in [0.15, 0.2) is 0 Å². The predicted octanol–water partition coefficient (Wildman–Crippen LogP) is 1.08. The Labute approximate surface area is 127 Å². The molecule has 0 saturated carbocycles. The zero-order chi connectivity index (χ0) is 15.7. The van der Waals surface area contributed by atoms with E-state index in [4.69, 9.17) is 0 Å². The summed E-state index contributed by atoms with van der Waals surface area (Å²) in [5, 5.41) is 7.48. The molecule has 1 aromatic rings. The molecule has 7 heteroatoms. The van der Waals surface area contributed by atoms with Gasteiger partial charge < -0.3 is 0 Å². The number of H-pyrrole nitrogens is 1. The first-order chi connectivity index (χ1) is 9.63. The van der Waals surface area contributed by atoms with Gasteiger partial charge in [0.2, 0.25) is 10.0 Å². The minimum absolute atomic E-state index is 0.0572. The average Bonchev–Trinajstić information content (AvgIpc) is 2.94. The monoisotopic (exact) mass is 314 g/mol. The fourth-order valence-electron chi connectivity index (χ4n) is 2.56. The van der Waals surface area contributed by atoms with Crippen LogP contribution in [-0.4, -0.2) is 49.4 Å². The number of aromatic amines is 1. The third-order valence-corrected chi connectivity index (χ3v) is 4.49. The smallest absolute Gasteiger partial charge is 0.208 e. The van der Waals surface area contributed by atoms with Gasteiger partial charge in [-0.3, -0.25) is 10.00 Å². The molecule has 1 aromatic heterocycles. The number of hydrogen-bond acceptors (Lipinski definition) is 4. The quantitative estimate of drug-likeness (QED) is 0.852.